The molecule has 0 unspecified atom stereocenters. The molecule has 0 fully saturated rings. The summed E-state index contributed by atoms with van der Waals surface area (Å²) in [4.78, 5) is 28.8. The molecule has 0 saturated heterocycles. The van der Waals surface area contributed by atoms with E-state index in [2.05, 4.69) is 48.2 Å². The first kappa shape index (κ1) is 33.6. The van der Waals surface area contributed by atoms with E-state index < -0.39 is 0 Å². The summed E-state index contributed by atoms with van der Waals surface area (Å²) >= 11 is 6.53. The van der Waals surface area contributed by atoms with Gasteiger partial charge in [0.1, 0.15) is 5.02 Å². The molecule has 0 radical (unpaired) electrons. The predicted octanol–water partition coefficient (Wildman–Crippen LogP) is 8.32. The molecule has 0 aliphatic rings. The number of hydrogen-bond acceptors (Lipinski definition) is 5. The smallest absolute Gasteiger partial charge is 0.306 e. The molecule has 232 valence electrons. The van der Waals surface area contributed by atoms with Crippen molar-refractivity contribution in [1.29, 1.82) is 0 Å². The van der Waals surface area contributed by atoms with E-state index in [4.69, 9.17) is 16.3 Å². The molecule has 3 rings (SSSR count). The number of hydrogen-bond donors (Lipinski definition) is 2. The molecular formula is C33H50ClN5O3. The fourth-order valence-electron chi connectivity index (χ4n) is 4.90. The second kappa shape index (κ2) is 17.3. The standard InChI is InChI=1S/C33H50ClN5O3/c1-5-6-7-8-9-10-11-12-13-14-15-16-23-42-28(41)22-21-27(40)35-24-25-17-19-26(20-18-25)31-36-32-29(34)30(33(2,3)4)37-39(32)38-31/h17-20,37H,5-16,21-24H2,1-4H3,(H,35,40). The lowest BCUT2D eigenvalue weighted by Gasteiger charge is -2.16. The third-order valence-corrected chi connectivity index (χ3v) is 7.87. The van der Waals surface area contributed by atoms with Gasteiger partial charge < -0.3 is 10.1 Å². The van der Waals surface area contributed by atoms with Gasteiger partial charge in [-0.05, 0) is 12.0 Å². The molecule has 3 aromatic rings. The Labute approximate surface area is 256 Å². The molecule has 42 heavy (non-hydrogen) atoms. The summed E-state index contributed by atoms with van der Waals surface area (Å²) in [5.74, 6) is 0.0908. The number of carbonyl (C=O) groups excluding carboxylic acids is 2. The van der Waals surface area contributed by atoms with Crippen LogP contribution in [0, 0.1) is 0 Å². The van der Waals surface area contributed by atoms with E-state index in [9.17, 15) is 9.59 Å². The van der Waals surface area contributed by atoms with Crippen molar-refractivity contribution in [2.75, 3.05) is 6.61 Å². The number of aromatic nitrogens is 4. The minimum Gasteiger partial charge on any atom is -0.466 e. The molecule has 0 saturated carbocycles. The third-order valence-electron chi connectivity index (χ3n) is 7.51. The molecule has 0 aliphatic carbocycles. The first-order valence-corrected chi connectivity index (χ1v) is 16.2. The zero-order valence-corrected chi connectivity index (χ0v) is 26.8. The molecule has 2 aromatic heterocycles. The van der Waals surface area contributed by atoms with E-state index in [1.807, 2.05) is 24.3 Å². The van der Waals surface area contributed by atoms with Gasteiger partial charge in [0.05, 0.1) is 18.7 Å². The van der Waals surface area contributed by atoms with Crippen LogP contribution in [0.15, 0.2) is 24.3 Å². The topological polar surface area (TPSA) is 101 Å². The Morgan fingerprint density at radius 2 is 1.50 bits per heavy atom. The lowest BCUT2D eigenvalue weighted by molar-refractivity contribution is -0.145. The zero-order valence-electron chi connectivity index (χ0n) is 26.1. The van der Waals surface area contributed by atoms with Gasteiger partial charge >= 0.3 is 5.97 Å². The molecule has 1 aromatic carbocycles. The van der Waals surface area contributed by atoms with Gasteiger partial charge in [0.15, 0.2) is 11.5 Å². The Balaban J connectivity index is 1.25. The fourth-order valence-corrected chi connectivity index (χ4v) is 5.34. The number of aromatic amines is 1. The largest absolute Gasteiger partial charge is 0.466 e. The number of amides is 1. The van der Waals surface area contributed by atoms with Crippen molar-refractivity contribution in [3.63, 3.8) is 0 Å². The normalized spacial score (nSPS) is 11.7. The molecule has 0 spiro atoms. The van der Waals surface area contributed by atoms with Gasteiger partial charge in [0, 0.05) is 23.9 Å². The SMILES string of the molecule is CCCCCCCCCCCCCCOC(=O)CCC(=O)NCc1ccc(-c2nc3c(Cl)c(C(C)(C)C)[nH]n3n2)cc1. The van der Waals surface area contributed by atoms with Crippen LogP contribution in [0.1, 0.15) is 129 Å². The summed E-state index contributed by atoms with van der Waals surface area (Å²) < 4.78 is 6.91. The monoisotopic (exact) mass is 599 g/mol. The number of rotatable bonds is 19. The molecule has 0 atom stereocenters. The van der Waals surface area contributed by atoms with Crippen molar-refractivity contribution in [3.8, 4) is 11.4 Å². The Hall–Kier alpha value is -2.87. The summed E-state index contributed by atoms with van der Waals surface area (Å²) in [6.07, 6.45) is 15.5. The number of esters is 1. The van der Waals surface area contributed by atoms with E-state index in [-0.39, 0.29) is 30.1 Å². The van der Waals surface area contributed by atoms with E-state index in [1.54, 1.807) is 4.63 Å². The molecule has 0 bridgehead atoms. The number of halogens is 1. The minimum absolute atomic E-state index is 0.0989. The fraction of sp³-hybridized carbons (Fsp3) is 0.636. The average molecular weight is 600 g/mol. The number of carbonyl (C=O) groups is 2. The number of ether oxygens (including phenoxy) is 1. The Kier molecular flexibility index (Phi) is 13.8. The number of fused-ring (bicyclic) bond motifs is 1. The van der Waals surface area contributed by atoms with Crippen LogP contribution in [0.5, 0.6) is 0 Å². The lowest BCUT2D eigenvalue weighted by atomic mass is 9.92. The third kappa shape index (κ3) is 11.1. The second-order valence-corrected chi connectivity index (χ2v) is 12.7. The summed E-state index contributed by atoms with van der Waals surface area (Å²) in [5, 5.41) is 11.2. The summed E-state index contributed by atoms with van der Waals surface area (Å²) in [6, 6.07) is 7.69. The van der Waals surface area contributed by atoms with Gasteiger partial charge in [-0.15, -0.1) is 5.10 Å². The van der Waals surface area contributed by atoms with Gasteiger partial charge in [-0.25, -0.2) is 4.98 Å². The van der Waals surface area contributed by atoms with Crippen LogP contribution in [0.25, 0.3) is 17.0 Å². The van der Waals surface area contributed by atoms with Crippen LogP contribution in [-0.2, 0) is 26.3 Å². The second-order valence-electron chi connectivity index (χ2n) is 12.3. The maximum atomic E-state index is 12.2. The van der Waals surface area contributed by atoms with Crippen molar-refractivity contribution in [3.05, 3.63) is 40.5 Å². The highest BCUT2D eigenvalue weighted by Crippen LogP contribution is 2.31. The van der Waals surface area contributed by atoms with Gasteiger partial charge in [-0.2, -0.15) is 4.63 Å². The molecule has 2 N–H and O–H groups in total. The maximum absolute atomic E-state index is 12.2. The van der Waals surface area contributed by atoms with Crippen LogP contribution in [0.3, 0.4) is 0 Å². The van der Waals surface area contributed by atoms with E-state index in [1.165, 1.54) is 64.2 Å². The van der Waals surface area contributed by atoms with Gasteiger partial charge in [0.25, 0.3) is 0 Å². The number of benzene rings is 1. The highest BCUT2D eigenvalue weighted by molar-refractivity contribution is 6.34. The average Bonchev–Trinajstić information content (AvgIpc) is 3.53. The van der Waals surface area contributed by atoms with Crippen molar-refractivity contribution in [2.24, 2.45) is 0 Å². The van der Waals surface area contributed by atoms with Crippen molar-refractivity contribution in [1.82, 2.24) is 25.1 Å². The maximum Gasteiger partial charge on any atom is 0.306 e. The van der Waals surface area contributed by atoms with Crippen LogP contribution < -0.4 is 5.32 Å². The van der Waals surface area contributed by atoms with Crippen molar-refractivity contribution in [2.45, 2.75) is 130 Å². The van der Waals surface area contributed by atoms with E-state index >= 15 is 0 Å². The molecule has 8 nitrogen and oxygen atoms in total. The molecule has 9 heteroatoms. The number of H-pyrrole nitrogens is 1. The molecule has 2 heterocycles. The van der Waals surface area contributed by atoms with Crippen LogP contribution in [0.2, 0.25) is 5.02 Å². The van der Waals surface area contributed by atoms with Crippen molar-refractivity contribution < 1.29 is 14.3 Å². The Morgan fingerprint density at radius 3 is 2.07 bits per heavy atom. The van der Waals surface area contributed by atoms with Gasteiger partial charge in [-0.1, -0.05) is 134 Å². The summed E-state index contributed by atoms with van der Waals surface area (Å²) in [5.41, 5.74) is 3.15. The molecule has 0 aliphatic heterocycles. The highest BCUT2D eigenvalue weighted by atomic mass is 35.5. The van der Waals surface area contributed by atoms with Crippen molar-refractivity contribution >= 4 is 29.1 Å². The molecular weight excluding hydrogens is 550 g/mol. The number of nitrogens with zero attached hydrogens (tertiary/aromatic N) is 3. The first-order chi connectivity index (χ1) is 20.2. The Bertz CT molecular complexity index is 1240. The van der Waals surface area contributed by atoms with Gasteiger partial charge in [-0.3, -0.25) is 14.7 Å². The minimum atomic E-state index is -0.309. The predicted molar refractivity (Wildman–Crippen MR) is 170 cm³/mol. The van der Waals surface area contributed by atoms with Crippen LogP contribution in [-0.4, -0.2) is 38.3 Å². The molecule has 1 amide bonds. The van der Waals surface area contributed by atoms with Gasteiger partial charge in [0.2, 0.25) is 5.91 Å². The number of unbranched alkanes of at least 4 members (excludes halogenated alkanes) is 11. The quantitative estimate of drug-likeness (QED) is 0.107. The first-order valence-electron chi connectivity index (χ1n) is 15.9. The van der Waals surface area contributed by atoms with Crippen LogP contribution >= 0.6 is 11.6 Å². The van der Waals surface area contributed by atoms with Crippen LogP contribution in [0.4, 0.5) is 0 Å². The lowest BCUT2D eigenvalue weighted by Crippen LogP contribution is -2.23. The Morgan fingerprint density at radius 1 is 0.905 bits per heavy atom. The summed E-state index contributed by atoms with van der Waals surface area (Å²) in [6.45, 7) is 9.31. The summed E-state index contributed by atoms with van der Waals surface area (Å²) in [7, 11) is 0. The highest BCUT2D eigenvalue weighted by Gasteiger charge is 2.24. The van der Waals surface area contributed by atoms with E-state index in [0.717, 1.165) is 29.7 Å². The van der Waals surface area contributed by atoms with E-state index in [0.29, 0.717) is 29.6 Å². The zero-order chi connectivity index (χ0) is 30.4. The number of nitrogens with one attached hydrogen (secondary N) is 2.